The molecule has 144 valence electrons. The van der Waals surface area contributed by atoms with Crippen LogP contribution in [0.25, 0.3) is 0 Å². The van der Waals surface area contributed by atoms with E-state index in [4.69, 9.17) is 14.2 Å². The van der Waals surface area contributed by atoms with Gasteiger partial charge in [-0.15, -0.1) is 0 Å². The summed E-state index contributed by atoms with van der Waals surface area (Å²) in [5.41, 5.74) is 2.32. The number of piperidine rings is 1. The molecule has 1 amide bonds. The number of para-hydroxylation sites is 1. The minimum atomic E-state index is -0.237. The maximum atomic E-state index is 12.6. The van der Waals surface area contributed by atoms with E-state index in [1.165, 1.54) is 7.11 Å². The smallest absolute Gasteiger partial charge is 0.259 e. The Morgan fingerprint density at radius 1 is 1.00 bits per heavy atom. The molecule has 27 heavy (non-hydrogen) atoms. The topological polar surface area (TPSA) is 60.0 Å². The first-order chi connectivity index (χ1) is 13.2. The predicted octanol–water partition coefficient (Wildman–Crippen LogP) is 3.57. The van der Waals surface area contributed by atoms with Crippen LogP contribution in [0.1, 0.15) is 23.2 Å². The van der Waals surface area contributed by atoms with Gasteiger partial charge in [0, 0.05) is 31.6 Å². The Morgan fingerprint density at radius 2 is 1.70 bits per heavy atom. The number of rotatable bonds is 6. The van der Waals surface area contributed by atoms with Crippen LogP contribution in [0.15, 0.2) is 42.5 Å². The Kier molecular flexibility index (Phi) is 6.19. The van der Waals surface area contributed by atoms with Gasteiger partial charge in [-0.1, -0.05) is 6.07 Å². The molecule has 2 aromatic carbocycles. The lowest BCUT2D eigenvalue weighted by Gasteiger charge is -2.33. The highest BCUT2D eigenvalue weighted by molar-refractivity contribution is 6.06. The molecule has 3 rings (SSSR count). The number of hydrogen-bond donors (Lipinski definition) is 1. The second-order valence-corrected chi connectivity index (χ2v) is 6.46. The van der Waals surface area contributed by atoms with Crippen molar-refractivity contribution >= 4 is 17.3 Å². The highest BCUT2D eigenvalue weighted by Gasteiger charge is 2.19. The number of methoxy groups -OCH3 is 3. The normalized spacial score (nSPS) is 14.7. The Hall–Kier alpha value is -2.73. The van der Waals surface area contributed by atoms with Crippen molar-refractivity contribution in [1.29, 1.82) is 0 Å². The first-order valence-electron chi connectivity index (χ1n) is 9.06. The molecular formula is C21H26N2O4. The van der Waals surface area contributed by atoms with Gasteiger partial charge in [-0.2, -0.15) is 0 Å². The fourth-order valence-corrected chi connectivity index (χ4v) is 3.37. The molecule has 1 saturated heterocycles. The zero-order valence-electron chi connectivity index (χ0n) is 16.0. The van der Waals surface area contributed by atoms with E-state index in [9.17, 15) is 4.79 Å². The van der Waals surface area contributed by atoms with Gasteiger partial charge in [0.2, 0.25) is 0 Å². The van der Waals surface area contributed by atoms with Gasteiger partial charge < -0.3 is 24.4 Å². The third kappa shape index (κ3) is 4.34. The van der Waals surface area contributed by atoms with E-state index in [0.717, 1.165) is 37.3 Å². The van der Waals surface area contributed by atoms with E-state index in [1.807, 2.05) is 24.3 Å². The van der Waals surface area contributed by atoms with E-state index in [0.29, 0.717) is 23.2 Å². The first-order valence-corrected chi connectivity index (χ1v) is 9.06. The van der Waals surface area contributed by atoms with Crippen molar-refractivity contribution in [3.05, 3.63) is 48.0 Å². The lowest BCUT2D eigenvalue weighted by molar-refractivity contribution is 0.0819. The van der Waals surface area contributed by atoms with Gasteiger partial charge in [0.1, 0.15) is 0 Å². The number of hydrogen-bond acceptors (Lipinski definition) is 5. The van der Waals surface area contributed by atoms with Gasteiger partial charge in [0.15, 0.2) is 11.5 Å². The Labute approximate surface area is 160 Å². The maximum Gasteiger partial charge on any atom is 0.259 e. The summed E-state index contributed by atoms with van der Waals surface area (Å²) in [5, 5.41) is 2.92. The molecule has 1 N–H and O–H groups in total. The monoisotopic (exact) mass is 370 g/mol. The van der Waals surface area contributed by atoms with E-state index in [-0.39, 0.29) is 5.91 Å². The minimum absolute atomic E-state index is 0.237. The summed E-state index contributed by atoms with van der Waals surface area (Å²) in [6.45, 7) is 1.95. The number of nitrogens with one attached hydrogen (secondary N) is 1. The van der Waals surface area contributed by atoms with Gasteiger partial charge in [-0.05, 0) is 49.2 Å². The van der Waals surface area contributed by atoms with Crippen LogP contribution in [0.4, 0.5) is 11.4 Å². The largest absolute Gasteiger partial charge is 0.493 e. The van der Waals surface area contributed by atoms with E-state index < -0.39 is 0 Å². The first kappa shape index (κ1) is 19.0. The lowest BCUT2D eigenvalue weighted by atomic mass is 10.1. The summed E-state index contributed by atoms with van der Waals surface area (Å²) >= 11 is 0. The quantitative estimate of drug-likeness (QED) is 0.842. The zero-order valence-corrected chi connectivity index (χ0v) is 16.0. The molecule has 1 aliphatic heterocycles. The number of carbonyl (C=O) groups excluding carboxylic acids is 1. The van der Waals surface area contributed by atoms with Crippen molar-refractivity contribution in [3.63, 3.8) is 0 Å². The van der Waals surface area contributed by atoms with Gasteiger partial charge in [0.05, 0.1) is 25.9 Å². The van der Waals surface area contributed by atoms with Crippen molar-refractivity contribution in [2.45, 2.75) is 18.9 Å². The summed E-state index contributed by atoms with van der Waals surface area (Å²) in [6, 6.07) is 13.1. The number of ether oxygens (including phenoxy) is 3. The number of benzene rings is 2. The molecule has 0 spiro atoms. The summed E-state index contributed by atoms with van der Waals surface area (Å²) < 4.78 is 16.0. The Balaban J connectivity index is 1.67. The summed E-state index contributed by atoms with van der Waals surface area (Å²) in [4.78, 5) is 15.0. The molecule has 6 heteroatoms. The van der Waals surface area contributed by atoms with E-state index in [2.05, 4.69) is 10.2 Å². The Bertz CT molecular complexity index is 768. The summed E-state index contributed by atoms with van der Waals surface area (Å²) in [5.74, 6) is 0.717. The molecule has 0 saturated carbocycles. The number of carbonyl (C=O) groups is 1. The third-order valence-corrected chi connectivity index (χ3v) is 4.91. The second-order valence-electron chi connectivity index (χ2n) is 6.46. The van der Waals surface area contributed by atoms with Crippen molar-refractivity contribution in [3.8, 4) is 11.5 Å². The van der Waals surface area contributed by atoms with Gasteiger partial charge in [0.25, 0.3) is 5.91 Å². The standard InChI is InChI=1S/C21H26N2O4/c1-25-17-11-13-23(14-12-17)16-9-7-15(8-10-16)22-21(24)18-5-4-6-19(26-2)20(18)27-3/h4-10,17H,11-14H2,1-3H3,(H,22,24). The van der Waals surface area contributed by atoms with Crippen molar-refractivity contribution in [2.75, 3.05) is 44.6 Å². The molecule has 0 atom stereocenters. The number of amides is 1. The molecule has 1 aliphatic rings. The molecule has 0 unspecified atom stereocenters. The van der Waals surface area contributed by atoms with Crippen LogP contribution in [0.5, 0.6) is 11.5 Å². The molecular weight excluding hydrogens is 344 g/mol. The van der Waals surface area contributed by atoms with Crippen molar-refractivity contribution in [1.82, 2.24) is 0 Å². The molecule has 0 aromatic heterocycles. The third-order valence-electron chi connectivity index (χ3n) is 4.91. The molecule has 1 heterocycles. The van der Waals surface area contributed by atoms with Crippen LogP contribution in [0.2, 0.25) is 0 Å². The zero-order chi connectivity index (χ0) is 19.2. The SMILES string of the molecule is COc1cccc(C(=O)Nc2ccc(N3CCC(OC)CC3)cc2)c1OC. The van der Waals surface area contributed by atoms with Gasteiger partial charge in [-0.3, -0.25) is 4.79 Å². The number of nitrogens with zero attached hydrogens (tertiary/aromatic N) is 1. The predicted molar refractivity (Wildman–Crippen MR) is 106 cm³/mol. The average molecular weight is 370 g/mol. The summed E-state index contributed by atoms with van der Waals surface area (Å²) in [6.07, 6.45) is 2.42. The van der Waals surface area contributed by atoms with Crippen LogP contribution in [0.3, 0.4) is 0 Å². The van der Waals surface area contributed by atoms with Crippen LogP contribution >= 0.6 is 0 Å². The highest BCUT2D eigenvalue weighted by Crippen LogP contribution is 2.31. The fraction of sp³-hybridized carbons (Fsp3) is 0.381. The molecule has 0 bridgehead atoms. The van der Waals surface area contributed by atoms with E-state index in [1.54, 1.807) is 32.4 Å². The Morgan fingerprint density at radius 3 is 2.30 bits per heavy atom. The van der Waals surface area contributed by atoms with Crippen molar-refractivity contribution < 1.29 is 19.0 Å². The fourth-order valence-electron chi connectivity index (χ4n) is 3.37. The molecule has 0 aliphatic carbocycles. The van der Waals surface area contributed by atoms with Crippen LogP contribution in [0, 0.1) is 0 Å². The van der Waals surface area contributed by atoms with Gasteiger partial charge in [-0.25, -0.2) is 0 Å². The second kappa shape index (κ2) is 8.77. The number of anilines is 2. The lowest BCUT2D eigenvalue weighted by Crippen LogP contribution is -2.36. The maximum absolute atomic E-state index is 12.6. The van der Waals surface area contributed by atoms with Crippen molar-refractivity contribution in [2.24, 2.45) is 0 Å². The van der Waals surface area contributed by atoms with Crippen LogP contribution in [-0.2, 0) is 4.74 Å². The highest BCUT2D eigenvalue weighted by atomic mass is 16.5. The molecule has 1 fully saturated rings. The average Bonchev–Trinajstić information content (AvgIpc) is 2.73. The minimum Gasteiger partial charge on any atom is -0.493 e. The molecule has 0 radical (unpaired) electrons. The van der Waals surface area contributed by atoms with Crippen LogP contribution < -0.4 is 19.7 Å². The van der Waals surface area contributed by atoms with Gasteiger partial charge >= 0.3 is 0 Å². The summed E-state index contributed by atoms with van der Waals surface area (Å²) in [7, 11) is 4.85. The molecule has 2 aromatic rings. The van der Waals surface area contributed by atoms with Crippen LogP contribution in [-0.4, -0.2) is 46.4 Å². The molecule has 6 nitrogen and oxygen atoms in total. The van der Waals surface area contributed by atoms with E-state index >= 15 is 0 Å².